The normalized spacial score (nSPS) is 28.6. The van der Waals surface area contributed by atoms with Gasteiger partial charge in [-0.05, 0) is 37.8 Å². The van der Waals surface area contributed by atoms with Gasteiger partial charge < -0.3 is 10.2 Å². The summed E-state index contributed by atoms with van der Waals surface area (Å²) in [6, 6.07) is 3.98. The number of aliphatic hydroxyl groups excluding tert-OH is 1. The van der Waals surface area contributed by atoms with Crippen LogP contribution in [0.25, 0.3) is 0 Å². The third-order valence-electron chi connectivity index (χ3n) is 4.77. The molecule has 0 bridgehead atoms. The topological polar surface area (TPSA) is 90.7 Å². The second-order valence-corrected chi connectivity index (χ2v) is 9.14. The van der Waals surface area contributed by atoms with E-state index in [9.17, 15) is 19.8 Å². The van der Waals surface area contributed by atoms with E-state index in [1.807, 2.05) is 6.07 Å². The fraction of sp³-hybridized carbons (Fsp3) is 0.471. The summed E-state index contributed by atoms with van der Waals surface area (Å²) in [5.74, 6) is -1.58. The summed E-state index contributed by atoms with van der Waals surface area (Å²) in [4.78, 5) is 30.0. The maximum absolute atomic E-state index is 12.4. The number of pyridine rings is 1. The van der Waals surface area contributed by atoms with E-state index >= 15 is 0 Å². The summed E-state index contributed by atoms with van der Waals surface area (Å²) in [6.07, 6.45) is 3.42. The molecule has 2 unspecified atom stereocenters. The SMILES string of the molecule is CC(O)C[C@@H]1C(=O)N2C(C(=O)O)=C(SC3CCc4cccnc43)S[C@H]12. The first-order valence-corrected chi connectivity index (χ1v) is 9.99. The second-order valence-electron chi connectivity index (χ2n) is 6.54. The first-order valence-electron chi connectivity index (χ1n) is 8.23. The Hall–Kier alpha value is -1.51. The van der Waals surface area contributed by atoms with Crippen LogP contribution in [0.4, 0.5) is 0 Å². The number of carboxylic acids is 1. The molecule has 3 aliphatic rings. The number of β-lactam (4-membered cyclic amide) rings is 1. The standard InChI is InChI=1S/C17H18N2O4S2/c1-8(20)7-10-14(21)19-13(16(22)23)17(25-15(10)19)24-11-5-4-9-3-2-6-18-12(9)11/h2-3,6,8,10-11,15,20H,4-5,7H2,1H3,(H,22,23)/t8?,10-,11?,15-/m1/s1. The largest absolute Gasteiger partial charge is 0.477 e. The highest BCUT2D eigenvalue weighted by Gasteiger charge is 2.56. The molecule has 0 aromatic carbocycles. The zero-order valence-corrected chi connectivity index (χ0v) is 15.2. The van der Waals surface area contributed by atoms with Gasteiger partial charge in [0.2, 0.25) is 5.91 Å². The summed E-state index contributed by atoms with van der Waals surface area (Å²) in [5.41, 5.74) is 2.33. The number of nitrogens with zero attached hydrogens (tertiary/aromatic N) is 2. The number of aromatic nitrogens is 1. The summed E-state index contributed by atoms with van der Waals surface area (Å²) in [6.45, 7) is 1.65. The van der Waals surface area contributed by atoms with Crippen LogP contribution in [-0.2, 0) is 16.0 Å². The molecule has 4 rings (SSSR count). The van der Waals surface area contributed by atoms with E-state index in [1.54, 1.807) is 13.1 Å². The van der Waals surface area contributed by atoms with E-state index in [0.717, 1.165) is 18.5 Å². The first-order chi connectivity index (χ1) is 12.0. The van der Waals surface area contributed by atoms with Gasteiger partial charge in [0, 0.05) is 6.20 Å². The molecule has 0 saturated carbocycles. The molecule has 1 aliphatic carbocycles. The second kappa shape index (κ2) is 6.34. The summed E-state index contributed by atoms with van der Waals surface area (Å²) in [5, 5.41) is 19.1. The molecular weight excluding hydrogens is 360 g/mol. The van der Waals surface area contributed by atoms with Crippen LogP contribution in [0.15, 0.2) is 28.3 Å². The Balaban J connectivity index is 1.58. The van der Waals surface area contributed by atoms with Crippen LogP contribution in [-0.4, -0.2) is 43.5 Å². The van der Waals surface area contributed by atoms with Crippen molar-refractivity contribution in [1.29, 1.82) is 0 Å². The number of hydrogen-bond donors (Lipinski definition) is 2. The lowest BCUT2D eigenvalue weighted by atomic mass is 9.91. The fourth-order valence-electron chi connectivity index (χ4n) is 3.64. The van der Waals surface area contributed by atoms with Crippen LogP contribution >= 0.6 is 23.5 Å². The van der Waals surface area contributed by atoms with Crippen LogP contribution in [0.2, 0.25) is 0 Å². The van der Waals surface area contributed by atoms with Crippen molar-refractivity contribution < 1.29 is 19.8 Å². The molecule has 1 aromatic rings. The van der Waals surface area contributed by atoms with Crippen molar-refractivity contribution in [3.63, 3.8) is 0 Å². The maximum atomic E-state index is 12.4. The number of carbonyl (C=O) groups is 2. The summed E-state index contributed by atoms with van der Waals surface area (Å²) >= 11 is 2.95. The van der Waals surface area contributed by atoms with E-state index in [4.69, 9.17) is 0 Å². The third kappa shape index (κ3) is 2.76. The molecule has 2 aliphatic heterocycles. The predicted molar refractivity (Wildman–Crippen MR) is 95.6 cm³/mol. The van der Waals surface area contributed by atoms with E-state index in [-0.39, 0.29) is 28.1 Å². The van der Waals surface area contributed by atoms with E-state index < -0.39 is 12.1 Å². The molecule has 0 radical (unpaired) electrons. The van der Waals surface area contributed by atoms with Gasteiger partial charge in [-0.1, -0.05) is 17.8 Å². The Labute approximate surface area is 153 Å². The number of thioether (sulfide) groups is 2. The van der Waals surface area contributed by atoms with Crippen molar-refractivity contribution in [2.45, 2.75) is 42.9 Å². The summed E-state index contributed by atoms with van der Waals surface area (Å²) in [7, 11) is 0. The quantitative estimate of drug-likeness (QED) is 0.760. The number of aryl methyl sites for hydroxylation is 1. The Morgan fingerprint density at radius 1 is 1.56 bits per heavy atom. The van der Waals surface area contributed by atoms with Crippen LogP contribution in [0.1, 0.15) is 36.3 Å². The van der Waals surface area contributed by atoms with E-state index in [1.165, 1.54) is 34.0 Å². The molecule has 8 heteroatoms. The molecule has 2 N–H and O–H groups in total. The number of rotatable bonds is 5. The number of aliphatic hydroxyl groups is 1. The van der Waals surface area contributed by atoms with Crippen molar-refractivity contribution >= 4 is 35.4 Å². The fourth-order valence-corrected chi connectivity index (χ4v) is 6.84. The maximum Gasteiger partial charge on any atom is 0.354 e. The van der Waals surface area contributed by atoms with Crippen molar-refractivity contribution in [3.05, 3.63) is 39.5 Å². The molecule has 3 heterocycles. The molecule has 4 atom stereocenters. The van der Waals surface area contributed by atoms with Gasteiger partial charge in [0.25, 0.3) is 0 Å². The number of carboxylic acid groups (broad SMARTS) is 1. The monoisotopic (exact) mass is 378 g/mol. The average Bonchev–Trinajstić information content (AvgIpc) is 3.13. The van der Waals surface area contributed by atoms with Gasteiger partial charge in [0.1, 0.15) is 0 Å². The predicted octanol–water partition coefficient (Wildman–Crippen LogP) is 2.36. The van der Waals surface area contributed by atoms with Gasteiger partial charge in [-0.3, -0.25) is 14.7 Å². The summed E-state index contributed by atoms with van der Waals surface area (Å²) < 4.78 is 0.683. The van der Waals surface area contributed by atoms with Crippen LogP contribution in [0.5, 0.6) is 0 Å². The van der Waals surface area contributed by atoms with E-state index in [0.29, 0.717) is 10.7 Å². The third-order valence-corrected chi connectivity index (χ3v) is 7.69. The average molecular weight is 378 g/mol. The minimum absolute atomic E-state index is 0.0937. The van der Waals surface area contributed by atoms with Crippen LogP contribution in [0, 0.1) is 5.92 Å². The van der Waals surface area contributed by atoms with Crippen molar-refractivity contribution in [3.8, 4) is 0 Å². The smallest absolute Gasteiger partial charge is 0.354 e. The van der Waals surface area contributed by atoms with Gasteiger partial charge in [-0.15, -0.1) is 11.8 Å². The van der Waals surface area contributed by atoms with Gasteiger partial charge in [0.15, 0.2) is 5.70 Å². The molecule has 132 valence electrons. The molecule has 1 saturated heterocycles. The van der Waals surface area contributed by atoms with Crippen molar-refractivity contribution in [2.75, 3.05) is 0 Å². The van der Waals surface area contributed by atoms with Gasteiger partial charge >= 0.3 is 5.97 Å². The van der Waals surface area contributed by atoms with Crippen molar-refractivity contribution in [1.82, 2.24) is 9.88 Å². The highest BCUT2D eigenvalue weighted by Crippen LogP contribution is 2.57. The zero-order chi connectivity index (χ0) is 17.7. The molecule has 6 nitrogen and oxygen atoms in total. The molecule has 25 heavy (non-hydrogen) atoms. The van der Waals surface area contributed by atoms with Gasteiger partial charge in [-0.2, -0.15) is 0 Å². The molecule has 1 aromatic heterocycles. The Kier molecular flexibility index (Phi) is 4.29. The number of hydrogen-bond acceptors (Lipinski definition) is 6. The van der Waals surface area contributed by atoms with Crippen LogP contribution in [0.3, 0.4) is 0 Å². The van der Waals surface area contributed by atoms with Gasteiger partial charge in [-0.25, -0.2) is 4.79 Å². The molecule has 1 amide bonds. The lowest BCUT2D eigenvalue weighted by molar-refractivity contribution is -0.152. The Morgan fingerprint density at radius 3 is 3.08 bits per heavy atom. The Bertz CT molecular complexity index is 780. The minimum atomic E-state index is -1.07. The van der Waals surface area contributed by atoms with Gasteiger partial charge in [0.05, 0.1) is 32.6 Å². The highest BCUT2D eigenvalue weighted by atomic mass is 32.2. The Morgan fingerprint density at radius 2 is 2.36 bits per heavy atom. The lowest BCUT2D eigenvalue weighted by Gasteiger charge is -2.42. The molecule has 1 fully saturated rings. The highest BCUT2D eigenvalue weighted by molar-refractivity contribution is 8.22. The van der Waals surface area contributed by atoms with Crippen molar-refractivity contribution in [2.24, 2.45) is 5.92 Å². The minimum Gasteiger partial charge on any atom is -0.477 e. The zero-order valence-electron chi connectivity index (χ0n) is 13.6. The lowest BCUT2D eigenvalue weighted by Crippen LogP contribution is -2.57. The van der Waals surface area contributed by atoms with Crippen LogP contribution < -0.4 is 0 Å². The number of carbonyl (C=O) groups excluding carboxylic acids is 1. The van der Waals surface area contributed by atoms with E-state index in [2.05, 4.69) is 11.1 Å². The number of amides is 1. The number of fused-ring (bicyclic) bond motifs is 2. The molecular formula is C17H18N2O4S2. The number of aliphatic carboxylic acids is 1. The molecule has 0 spiro atoms. The first kappa shape index (κ1) is 16.9.